The summed E-state index contributed by atoms with van der Waals surface area (Å²) in [6.45, 7) is 10.3. The van der Waals surface area contributed by atoms with Crippen LogP contribution in [-0.4, -0.2) is 58.2 Å². The smallest absolute Gasteiger partial charge is 0.252 e. The van der Waals surface area contributed by atoms with Crippen LogP contribution in [0.15, 0.2) is 28.8 Å². The monoisotopic (exact) mass is 536 g/mol. The average Bonchev–Trinajstić information content (AvgIpc) is 3.29. The third kappa shape index (κ3) is 4.76. The number of H-pyrrole nitrogens is 1. The normalized spacial score (nSPS) is 38.9. The minimum atomic E-state index is -0.142. The van der Waals surface area contributed by atoms with Crippen molar-refractivity contribution in [2.24, 2.45) is 40.4 Å². The average molecular weight is 537 g/mol. The molecule has 39 heavy (non-hydrogen) atoms. The van der Waals surface area contributed by atoms with Gasteiger partial charge in [-0.05, 0) is 98.2 Å². The number of aromatic nitrogens is 2. The first-order chi connectivity index (χ1) is 18.7. The number of carbonyl (C=O) groups is 1. The topological polar surface area (TPSA) is 89.5 Å². The van der Waals surface area contributed by atoms with E-state index < -0.39 is 0 Å². The second kappa shape index (κ2) is 10.4. The van der Waals surface area contributed by atoms with Crippen molar-refractivity contribution in [3.8, 4) is 0 Å². The van der Waals surface area contributed by atoms with Crippen LogP contribution in [0.25, 0.3) is 0 Å². The van der Waals surface area contributed by atoms with E-state index in [0.29, 0.717) is 48.0 Å². The van der Waals surface area contributed by atoms with E-state index in [4.69, 9.17) is 0 Å². The molecule has 1 aromatic heterocycles. The molecule has 3 saturated carbocycles. The molecule has 0 radical (unpaired) electrons. The maximum atomic E-state index is 13.2. The van der Waals surface area contributed by atoms with Crippen LogP contribution in [0, 0.1) is 40.4 Å². The molecule has 214 valence electrons. The lowest BCUT2D eigenvalue weighted by atomic mass is 9.47. The van der Waals surface area contributed by atoms with Gasteiger partial charge in [0, 0.05) is 38.7 Å². The van der Waals surface area contributed by atoms with Crippen LogP contribution in [0.5, 0.6) is 0 Å². The zero-order valence-electron chi connectivity index (χ0n) is 24.2. The van der Waals surface area contributed by atoms with Crippen molar-refractivity contribution >= 4 is 11.7 Å². The fourth-order valence-electron chi connectivity index (χ4n) is 10.0. The van der Waals surface area contributed by atoms with Crippen LogP contribution in [0.1, 0.15) is 85.0 Å². The molecule has 4 fully saturated rings. The number of hydrogen-bond donors (Lipinski definition) is 2. The van der Waals surface area contributed by atoms with Gasteiger partial charge in [0.1, 0.15) is 5.82 Å². The summed E-state index contributed by atoms with van der Waals surface area (Å²) in [6, 6.07) is 1.53. The van der Waals surface area contributed by atoms with Crippen molar-refractivity contribution in [3.63, 3.8) is 0 Å². The molecule has 1 amide bonds. The highest BCUT2D eigenvalue weighted by molar-refractivity contribution is 5.76. The highest BCUT2D eigenvalue weighted by Crippen LogP contribution is 2.67. The van der Waals surface area contributed by atoms with Crippen LogP contribution < -0.4 is 10.5 Å². The van der Waals surface area contributed by atoms with Crippen molar-refractivity contribution in [2.75, 3.05) is 31.1 Å². The first kappa shape index (κ1) is 27.0. The molecule has 1 aromatic rings. The van der Waals surface area contributed by atoms with Gasteiger partial charge >= 0.3 is 0 Å². The molecule has 8 atom stereocenters. The van der Waals surface area contributed by atoms with Crippen LogP contribution in [0.3, 0.4) is 0 Å². The van der Waals surface area contributed by atoms with Gasteiger partial charge < -0.3 is 19.9 Å². The lowest BCUT2D eigenvalue weighted by Crippen LogP contribution is -2.51. The molecule has 0 bridgehead atoms. The van der Waals surface area contributed by atoms with Crippen LogP contribution in [0.4, 0.5) is 5.82 Å². The number of fused-ring (bicyclic) bond motifs is 5. The lowest BCUT2D eigenvalue weighted by Gasteiger charge is -2.58. The third-order valence-electron chi connectivity index (χ3n) is 12.3. The fraction of sp³-hybridized carbons (Fsp3) is 0.781. The number of anilines is 1. The van der Waals surface area contributed by atoms with Gasteiger partial charge in [-0.15, -0.1) is 0 Å². The summed E-state index contributed by atoms with van der Waals surface area (Å²) in [7, 11) is 0. The summed E-state index contributed by atoms with van der Waals surface area (Å²) in [5.41, 5.74) is 2.11. The van der Waals surface area contributed by atoms with Gasteiger partial charge in [-0.2, -0.15) is 0 Å². The maximum absolute atomic E-state index is 13.2. The number of rotatable bonds is 5. The number of allylic oxidation sites excluding steroid dienone is 1. The standard InChI is InChI=1S/C32H48N4O3/c1-21(4-9-30(39)36-16-14-35(15-17-36)28-19-29(38)34-20-33-28)25-7-8-26-24-6-5-22-18-23(37)10-12-31(22,2)27(24)11-13-32(25,26)3/h5,19-21,23-27,37H,4,6-18H2,1-3H3,(H,33,34,38)/t21?,23-,24-,25+,26-,27-,31-,32+/m0/s1. The molecule has 7 nitrogen and oxygen atoms in total. The first-order valence-corrected chi connectivity index (χ1v) is 15.6. The summed E-state index contributed by atoms with van der Waals surface area (Å²) < 4.78 is 0. The molecular weight excluding hydrogens is 488 g/mol. The van der Waals surface area contributed by atoms with Gasteiger partial charge in [-0.3, -0.25) is 9.59 Å². The largest absolute Gasteiger partial charge is 0.393 e. The summed E-state index contributed by atoms with van der Waals surface area (Å²) in [5.74, 6) is 4.62. The lowest BCUT2D eigenvalue weighted by molar-refractivity contribution is -0.132. The molecule has 1 unspecified atom stereocenters. The van der Waals surface area contributed by atoms with Crippen molar-refractivity contribution < 1.29 is 9.90 Å². The minimum absolute atomic E-state index is 0.135. The number of piperazine rings is 1. The van der Waals surface area contributed by atoms with Crippen molar-refractivity contribution in [2.45, 2.75) is 91.1 Å². The van der Waals surface area contributed by atoms with Crippen molar-refractivity contribution in [1.29, 1.82) is 0 Å². The minimum Gasteiger partial charge on any atom is -0.393 e. The number of carbonyl (C=O) groups excluding carboxylic acids is 1. The zero-order chi connectivity index (χ0) is 27.4. The number of aliphatic hydroxyl groups excluding tert-OH is 1. The highest BCUT2D eigenvalue weighted by atomic mass is 16.3. The highest BCUT2D eigenvalue weighted by Gasteiger charge is 2.59. The zero-order valence-corrected chi connectivity index (χ0v) is 24.2. The van der Waals surface area contributed by atoms with E-state index in [0.717, 1.165) is 56.5 Å². The molecule has 1 saturated heterocycles. The van der Waals surface area contributed by atoms with Crippen molar-refractivity contribution in [1.82, 2.24) is 14.9 Å². The van der Waals surface area contributed by atoms with E-state index >= 15 is 0 Å². The SMILES string of the molecule is CC(CCC(=O)N1CCN(c2cc(=O)[nH]cn2)CC1)[C@H]1CC[C@H]2[C@@H]3CC=C4C[C@@H](O)CC[C@]4(C)[C@H]3CC[C@]12C. The Bertz CT molecular complexity index is 1160. The molecular formula is C32H48N4O3. The Morgan fingerprint density at radius 3 is 2.69 bits per heavy atom. The number of nitrogens with zero attached hydrogens (tertiary/aromatic N) is 3. The summed E-state index contributed by atoms with van der Waals surface area (Å²) >= 11 is 0. The van der Waals surface area contributed by atoms with Gasteiger partial charge in [-0.1, -0.05) is 32.4 Å². The molecule has 2 heterocycles. The second-order valence-corrected chi connectivity index (χ2v) is 14.0. The van der Waals surface area contributed by atoms with Gasteiger partial charge in [0.25, 0.3) is 5.56 Å². The number of aliphatic hydroxyl groups is 1. The number of amides is 1. The number of hydrogen-bond acceptors (Lipinski definition) is 5. The third-order valence-corrected chi connectivity index (χ3v) is 12.3. The quantitative estimate of drug-likeness (QED) is 0.529. The molecule has 7 heteroatoms. The molecule has 4 aliphatic carbocycles. The van der Waals surface area contributed by atoms with E-state index in [1.54, 1.807) is 5.57 Å². The molecule has 6 rings (SSSR count). The summed E-state index contributed by atoms with van der Waals surface area (Å²) in [6.07, 6.45) is 15.0. The van der Waals surface area contributed by atoms with E-state index in [9.17, 15) is 14.7 Å². The second-order valence-electron chi connectivity index (χ2n) is 14.0. The Morgan fingerprint density at radius 1 is 1.13 bits per heavy atom. The molecule has 0 aromatic carbocycles. The molecule has 5 aliphatic rings. The van der Waals surface area contributed by atoms with E-state index in [2.05, 4.69) is 41.7 Å². The van der Waals surface area contributed by atoms with E-state index in [-0.39, 0.29) is 17.6 Å². The predicted octanol–water partition coefficient (Wildman–Crippen LogP) is 4.77. The Kier molecular flexibility index (Phi) is 7.18. The van der Waals surface area contributed by atoms with E-state index in [1.165, 1.54) is 44.5 Å². The summed E-state index contributed by atoms with van der Waals surface area (Å²) in [5, 5.41) is 10.3. The van der Waals surface area contributed by atoms with Gasteiger partial charge in [0.15, 0.2) is 0 Å². The molecule has 2 N–H and O–H groups in total. The Morgan fingerprint density at radius 2 is 1.92 bits per heavy atom. The first-order valence-electron chi connectivity index (χ1n) is 15.6. The van der Waals surface area contributed by atoms with Gasteiger partial charge in [0.2, 0.25) is 5.91 Å². The maximum Gasteiger partial charge on any atom is 0.252 e. The Hall–Kier alpha value is -2.15. The molecule has 0 spiro atoms. The Labute approximate surface area is 233 Å². The fourth-order valence-corrected chi connectivity index (χ4v) is 10.0. The Balaban J connectivity index is 1.04. The number of aromatic amines is 1. The summed E-state index contributed by atoms with van der Waals surface area (Å²) in [4.78, 5) is 35.7. The molecule has 1 aliphatic heterocycles. The van der Waals surface area contributed by atoms with Gasteiger partial charge in [-0.25, -0.2) is 4.98 Å². The van der Waals surface area contributed by atoms with Gasteiger partial charge in [0.05, 0.1) is 12.4 Å². The van der Waals surface area contributed by atoms with Crippen LogP contribution in [-0.2, 0) is 4.79 Å². The van der Waals surface area contributed by atoms with E-state index in [1.807, 2.05) is 4.90 Å². The number of nitrogens with one attached hydrogen (secondary N) is 1. The van der Waals surface area contributed by atoms with Crippen molar-refractivity contribution in [3.05, 3.63) is 34.4 Å². The van der Waals surface area contributed by atoms with Crippen LogP contribution >= 0.6 is 0 Å². The van der Waals surface area contributed by atoms with Crippen LogP contribution in [0.2, 0.25) is 0 Å². The predicted molar refractivity (Wildman–Crippen MR) is 153 cm³/mol.